The topological polar surface area (TPSA) is 124 Å². The Bertz CT molecular complexity index is 1010. The lowest BCUT2D eigenvalue weighted by atomic mass is 10.1. The Hall–Kier alpha value is -3.50. The van der Waals surface area contributed by atoms with Crippen LogP contribution in [0.25, 0.3) is 11.3 Å². The SMILES string of the molecule is CC(C)(C)OC(=O)N[C@@H](CCCCNC(=O)n1cc(-c2ccc(F)cc2)nn1)C(=O)OC(C)(C)C. The number of benzene rings is 1. The molecule has 2 N–H and O–H groups in total. The van der Waals surface area contributed by atoms with Gasteiger partial charge >= 0.3 is 18.1 Å². The van der Waals surface area contributed by atoms with E-state index in [1.165, 1.54) is 18.3 Å². The number of hydrogen-bond donors (Lipinski definition) is 2. The fraction of sp³-hybridized carbons (Fsp3) is 0.542. The van der Waals surface area contributed by atoms with Crippen molar-refractivity contribution in [3.05, 3.63) is 36.3 Å². The minimum Gasteiger partial charge on any atom is -0.458 e. The Balaban J connectivity index is 1.84. The fourth-order valence-corrected chi connectivity index (χ4v) is 2.94. The second kappa shape index (κ2) is 11.8. The number of ether oxygens (including phenoxy) is 2. The highest BCUT2D eigenvalue weighted by Gasteiger charge is 2.28. The Morgan fingerprint density at radius 2 is 1.63 bits per heavy atom. The van der Waals surface area contributed by atoms with Crippen LogP contribution in [0.3, 0.4) is 0 Å². The molecule has 35 heavy (non-hydrogen) atoms. The summed E-state index contributed by atoms with van der Waals surface area (Å²) in [6.45, 7) is 10.8. The van der Waals surface area contributed by atoms with Gasteiger partial charge in [0.2, 0.25) is 0 Å². The molecule has 0 aliphatic carbocycles. The molecule has 0 unspecified atom stereocenters. The first-order valence-electron chi connectivity index (χ1n) is 11.4. The number of carbonyl (C=O) groups is 3. The molecule has 0 fully saturated rings. The number of halogens is 1. The van der Waals surface area contributed by atoms with E-state index in [1.54, 1.807) is 53.7 Å². The molecule has 1 aromatic carbocycles. The van der Waals surface area contributed by atoms with Crippen LogP contribution in [0.5, 0.6) is 0 Å². The van der Waals surface area contributed by atoms with Crippen molar-refractivity contribution in [2.24, 2.45) is 0 Å². The summed E-state index contributed by atoms with van der Waals surface area (Å²) in [6, 6.07) is 4.35. The molecule has 0 aliphatic heterocycles. The number of carbonyl (C=O) groups excluding carboxylic acids is 3. The third-order valence-corrected chi connectivity index (χ3v) is 4.42. The molecule has 0 saturated carbocycles. The first-order chi connectivity index (χ1) is 16.2. The molecule has 192 valence electrons. The van der Waals surface area contributed by atoms with Crippen LogP contribution in [0, 0.1) is 5.82 Å². The second-order valence-electron chi connectivity index (χ2n) is 10.0. The van der Waals surface area contributed by atoms with E-state index in [2.05, 4.69) is 20.9 Å². The summed E-state index contributed by atoms with van der Waals surface area (Å²) in [7, 11) is 0. The maximum absolute atomic E-state index is 13.1. The van der Waals surface area contributed by atoms with E-state index in [9.17, 15) is 18.8 Å². The number of unbranched alkanes of at least 4 members (excludes halogenated alkanes) is 1. The molecule has 11 heteroatoms. The van der Waals surface area contributed by atoms with Crippen molar-refractivity contribution >= 4 is 18.1 Å². The molecule has 2 rings (SSSR count). The van der Waals surface area contributed by atoms with E-state index >= 15 is 0 Å². The molecular formula is C24H34FN5O5. The van der Waals surface area contributed by atoms with Gasteiger partial charge in [0, 0.05) is 12.1 Å². The van der Waals surface area contributed by atoms with Crippen LogP contribution >= 0.6 is 0 Å². The minimum atomic E-state index is -0.881. The number of hydrogen-bond acceptors (Lipinski definition) is 7. The van der Waals surface area contributed by atoms with Crippen LogP contribution in [0.2, 0.25) is 0 Å². The zero-order valence-electron chi connectivity index (χ0n) is 21.1. The first-order valence-corrected chi connectivity index (χ1v) is 11.4. The minimum absolute atomic E-state index is 0.308. The molecule has 0 aliphatic rings. The standard InChI is InChI=1S/C24H34FN5O5/c1-23(2,3)34-20(31)18(27-22(33)35-24(4,5)6)9-7-8-14-26-21(32)30-15-19(28-29-30)16-10-12-17(25)13-11-16/h10-13,15,18H,7-9,14H2,1-6H3,(H,26,32)(H,27,33)/t18-/m0/s1. The van der Waals surface area contributed by atoms with Gasteiger partial charge in [0.05, 0.1) is 6.20 Å². The number of amides is 2. The molecule has 1 atom stereocenters. The monoisotopic (exact) mass is 491 g/mol. The van der Waals surface area contributed by atoms with Gasteiger partial charge in [-0.05, 0) is 85.1 Å². The van der Waals surface area contributed by atoms with Gasteiger partial charge in [-0.2, -0.15) is 4.68 Å². The van der Waals surface area contributed by atoms with E-state index in [0.717, 1.165) is 4.68 Å². The quantitative estimate of drug-likeness (QED) is 0.422. The van der Waals surface area contributed by atoms with E-state index < -0.39 is 35.3 Å². The molecule has 0 saturated heterocycles. The third-order valence-electron chi connectivity index (χ3n) is 4.42. The summed E-state index contributed by atoms with van der Waals surface area (Å²) in [5.41, 5.74) is -0.335. The van der Waals surface area contributed by atoms with Crippen molar-refractivity contribution in [2.45, 2.75) is 78.0 Å². The summed E-state index contributed by atoms with van der Waals surface area (Å²) >= 11 is 0. The Kier molecular flexibility index (Phi) is 9.32. The molecule has 1 heterocycles. The summed E-state index contributed by atoms with van der Waals surface area (Å²) in [5, 5.41) is 13.0. The van der Waals surface area contributed by atoms with Crippen LogP contribution in [0.1, 0.15) is 60.8 Å². The smallest absolute Gasteiger partial charge is 0.408 e. The van der Waals surface area contributed by atoms with Crippen LogP contribution < -0.4 is 10.6 Å². The Morgan fingerprint density at radius 3 is 2.23 bits per heavy atom. The predicted octanol–water partition coefficient (Wildman–Crippen LogP) is 4.05. The van der Waals surface area contributed by atoms with Crippen molar-refractivity contribution in [3.63, 3.8) is 0 Å². The number of rotatable bonds is 8. The molecular weight excluding hydrogens is 457 g/mol. The lowest BCUT2D eigenvalue weighted by Gasteiger charge is -2.26. The van der Waals surface area contributed by atoms with E-state index in [4.69, 9.17) is 9.47 Å². The van der Waals surface area contributed by atoms with Gasteiger partial charge in [0.1, 0.15) is 28.8 Å². The van der Waals surface area contributed by atoms with Crippen LogP contribution in [-0.2, 0) is 14.3 Å². The summed E-state index contributed by atoms with van der Waals surface area (Å²) in [5.74, 6) is -0.919. The summed E-state index contributed by atoms with van der Waals surface area (Å²) < 4.78 is 24.8. The van der Waals surface area contributed by atoms with E-state index in [-0.39, 0.29) is 5.82 Å². The highest BCUT2D eigenvalue weighted by molar-refractivity contribution is 5.81. The maximum Gasteiger partial charge on any atom is 0.408 e. The third kappa shape index (κ3) is 10.1. The van der Waals surface area contributed by atoms with Gasteiger partial charge in [-0.15, -0.1) is 5.10 Å². The van der Waals surface area contributed by atoms with Gasteiger partial charge < -0.3 is 20.1 Å². The maximum atomic E-state index is 13.1. The second-order valence-corrected chi connectivity index (χ2v) is 10.0. The molecule has 10 nitrogen and oxygen atoms in total. The molecule has 1 aromatic heterocycles. The number of alkyl carbamates (subject to hydrolysis) is 1. The lowest BCUT2D eigenvalue weighted by molar-refractivity contribution is -0.157. The normalized spacial score (nSPS) is 12.5. The van der Waals surface area contributed by atoms with Crippen molar-refractivity contribution in [1.29, 1.82) is 0 Å². The Labute approximate surface area is 204 Å². The molecule has 0 spiro atoms. The molecule has 0 bridgehead atoms. The van der Waals surface area contributed by atoms with Gasteiger partial charge in [0.25, 0.3) is 0 Å². The number of nitrogens with zero attached hydrogens (tertiary/aromatic N) is 3. The molecule has 2 amide bonds. The first kappa shape index (κ1) is 27.7. The van der Waals surface area contributed by atoms with Crippen molar-refractivity contribution in [3.8, 4) is 11.3 Å². The highest BCUT2D eigenvalue weighted by atomic mass is 19.1. The van der Waals surface area contributed by atoms with Gasteiger partial charge in [-0.1, -0.05) is 5.21 Å². The largest absolute Gasteiger partial charge is 0.458 e. The molecule has 0 radical (unpaired) electrons. The lowest BCUT2D eigenvalue weighted by Crippen LogP contribution is -2.46. The van der Waals surface area contributed by atoms with Gasteiger partial charge in [-0.25, -0.2) is 18.8 Å². The number of aromatic nitrogens is 3. The van der Waals surface area contributed by atoms with Gasteiger partial charge in [0.15, 0.2) is 0 Å². The zero-order chi connectivity index (χ0) is 26.2. The highest BCUT2D eigenvalue weighted by Crippen LogP contribution is 2.16. The van der Waals surface area contributed by atoms with Crippen molar-refractivity contribution < 1.29 is 28.2 Å². The average molecular weight is 492 g/mol. The van der Waals surface area contributed by atoms with Crippen molar-refractivity contribution in [2.75, 3.05) is 6.54 Å². The van der Waals surface area contributed by atoms with E-state index in [0.29, 0.717) is 37.1 Å². The fourth-order valence-electron chi connectivity index (χ4n) is 2.94. The van der Waals surface area contributed by atoms with E-state index in [1.807, 2.05) is 0 Å². The Morgan fingerprint density at radius 1 is 1.00 bits per heavy atom. The van der Waals surface area contributed by atoms with Crippen LogP contribution in [0.4, 0.5) is 14.0 Å². The van der Waals surface area contributed by atoms with Crippen molar-refractivity contribution in [1.82, 2.24) is 25.6 Å². The van der Waals surface area contributed by atoms with Crippen LogP contribution in [0.15, 0.2) is 30.5 Å². The summed E-state index contributed by atoms with van der Waals surface area (Å²) in [4.78, 5) is 37.0. The predicted molar refractivity (Wildman–Crippen MR) is 127 cm³/mol. The number of esters is 1. The zero-order valence-corrected chi connectivity index (χ0v) is 21.1. The average Bonchev–Trinajstić information content (AvgIpc) is 3.20. The van der Waals surface area contributed by atoms with Crippen LogP contribution in [-0.4, -0.2) is 56.9 Å². The number of nitrogens with one attached hydrogen (secondary N) is 2. The summed E-state index contributed by atoms with van der Waals surface area (Å²) in [6.07, 6.45) is 2.12. The van der Waals surface area contributed by atoms with Gasteiger partial charge in [-0.3, -0.25) is 0 Å². The molecule has 2 aromatic rings.